The van der Waals surface area contributed by atoms with Gasteiger partial charge in [0.25, 0.3) is 0 Å². The monoisotopic (exact) mass is 310 g/mol. The number of hydrogen-bond acceptors (Lipinski definition) is 2. The van der Waals surface area contributed by atoms with Crippen LogP contribution in [-0.4, -0.2) is 5.97 Å². The zero-order valence-corrected chi connectivity index (χ0v) is 14.2. The lowest BCUT2D eigenvalue weighted by atomic mass is 10.0. The molecule has 0 aliphatic rings. The van der Waals surface area contributed by atoms with Crippen LogP contribution in [0.1, 0.15) is 61.0 Å². The third-order valence-electron chi connectivity index (χ3n) is 4.05. The summed E-state index contributed by atoms with van der Waals surface area (Å²) in [7, 11) is 0. The quantitative estimate of drug-likeness (QED) is 0.361. The van der Waals surface area contributed by atoms with Crippen LogP contribution in [0, 0.1) is 0 Å². The second kappa shape index (κ2) is 9.14. The molecule has 23 heavy (non-hydrogen) atoms. The van der Waals surface area contributed by atoms with Crippen LogP contribution >= 0.6 is 0 Å². The maximum absolute atomic E-state index is 12.2. The summed E-state index contributed by atoms with van der Waals surface area (Å²) in [5.74, 6) is 0.294. The van der Waals surface area contributed by atoms with Crippen LogP contribution in [0.25, 0.3) is 0 Å². The van der Waals surface area contributed by atoms with Crippen LogP contribution in [0.3, 0.4) is 0 Å². The maximum atomic E-state index is 12.2. The molecule has 0 atom stereocenters. The van der Waals surface area contributed by atoms with E-state index in [0.29, 0.717) is 11.3 Å². The van der Waals surface area contributed by atoms with Gasteiger partial charge >= 0.3 is 5.97 Å². The Bertz CT molecular complexity index is 597. The van der Waals surface area contributed by atoms with Crippen LogP contribution < -0.4 is 4.74 Å². The van der Waals surface area contributed by atoms with E-state index in [2.05, 4.69) is 13.8 Å². The van der Waals surface area contributed by atoms with E-state index in [9.17, 15) is 4.79 Å². The predicted molar refractivity (Wildman–Crippen MR) is 95.1 cm³/mol. The van der Waals surface area contributed by atoms with Gasteiger partial charge in [-0.1, -0.05) is 57.4 Å². The molecule has 0 radical (unpaired) electrons. The van der Waals surface area contributed by atoms with Gasteiger partial charge in [0.2, 0.25) is 0 Å². The minimum absolute atomic E-state index is 0.299. The average Bonchev–Trinajstić information content (AvgIpc) is 2.60. The van der Waals surface area contributed by atoms with Crippen molar-refractivity contribution in [2.75, 3.05) is 0 Å². The number of carbonyl (C=O) groups excluding carboxylic acids is 1. The lowest BCUT2D eigenvalue weighted by Gasteiger charge is -2.06. The molecule has 0 N–H and O–H groups in total. The van der Waals surface area contributed by atoms with Gasteiger partial charge in [-0.15, -0.1) is 0 Å². The molecule has 2 nitrogen and oxygen atoms in total. The topological polar surface area (TPSA) is 26.3 Å². The summed E-state index contributed by atoms with van der Waals surface area (Å²) in [6.45, 7) is 4.32. The molecule has 0 heterocycles. The number of hydrogen-bond donors (Lipinski definition) is 0. The van der Waals surface area contributed by atoms with Crippen LogP contribution in [0.15, 0.2) is 48.5 Å². The molecule has 0 fully saturated rings. The first-order chi connectivity index (χ1) is 11.2. The van der Waals surface area contributed by atoms with Crippen molar-refractivity contribution in [2.45, 2.75) is 52.4 Å². The van der Waals surface area contributed by atoms with E-state index in [1.807, 2.05) is 48.5 Å². The van der Waals surface area contributed by atoms with Gasteiger partial charge in [-0.25, -0.2) is 4.79 Å². The van der Waals surface area contributed by atoms with E-state index in [1.165, 1.54) is 36.8 Å². The average molecular weight is 310 g/mol. The Morgan fingerprint density at radius 2 is 1.48 bits per heavy atom. The van der Waals surface area contributed by atoms with E-state index in [0.717, 1.165) is 12.8 Å². The zero-order valence-electron chi connectivity index (χ0n) is 14.2. The van der Waals surface area contributed by atoms with Gasteiger partial charge in [-0.3, -0.25) is 0 Å². The fourth-order valence-corrected chi connectivity index (χ4v) is 2.52. The van der Waals surface area contributed by atoms with Gasteiger partial charge in [-0.2, -0.15) is 0 Å². The first kappa shape index (κ1) is 17.3. The van der Waals surface area contributed by atoms with E-state index in [4.69, 9.17) is 4.74 Å². The minimum atomic E-state index is -0.299. The smallest absolute Gasteiger partial charge is 0.343 e. The molecule has 0 amide bonds. The Labute approximate surface area is 139 Å². The minimum Gasteiger partial charge on any atom is -0.423 e. The highest BCUT2D eigenvalue weighted by Crippen LogP contribution is 2.16. The molecule has 0 aliphatic carbocycles. The molecule has 0 bridgehead atoms. The van der Waals surface area contributed by atoms with E-state index < -0.39 is 0 Å². The fourth-order valence-electron chi connectivity index (χ4n) is 2.52. The second-order valence-electron chi connectivity index (χ2n) is 5.89. The fraction of sp³-hybridized carbons (Fsp3) is 0.381. The van der Waals surface area contributed by atoms with Crippen LogP contribution in [0.2, 0.25) is 0 Å². The first-order valence-electron chi connectivity index (χ1n) is 8.63. The van der Waals surface area contributed by atoms with Gasteiger partial charge in [0, 0.05) is 0 Å². The van der Waals surface area contributed by atoms with E-state index in [-0.39, 0.29) is 5.97 Å². The maximum Gasteiger partial charge on any atom is 0.343 e. The van der Waals surface area contributed by atoms with E-state index >= 15 is 0 Å². The van der Waals surface area contributed by atoms with Crippen molar-refractivity contribution >= 4 is 5.97 Å². The van der Waals surface area contributed by atoms with Gasteiger partial charge in [-0.05, 0) is 54.7 Å². The summed E-state index contributed by atoms with van der Waals surface area (Å²) in [5.41, 5.74) is 3.11. The van der Waals surface area contributed by atoms with Crippen molar-refractivity contribution in [3.8, 4) is 5.75 Å². The van der Waals surface area contributed by atoms with Gasteiger partial charge in [0.15, 0.2) is 0 Å². The number of aryl methyl sites for hydroxylation is 2. The highest BCUT2D eigenvalue weighted by atomic mass is 16.5. The van der Waals surface area contributed by atoms with Crippen molar-refractivity contribution in [3.05, 3.63) is 65.2 Å². The molecule has 0 spiro atoms. The highest BCUT2D eigenvalue weighted by Gasteiger charge is 2.08. The molecule has 0 saturated carbocycles. The molecule has 0 aliphatic heterocycles. The second-order valence-corrected chi connectivity index (χ2v) is 5.89. The number of rotatable bonds is 8. The van der Waals surface area contributed by atoms with Crippen LogP contribution in [0.5, 0.6) is 5.75 Å². The number of carbonyl (C=O) groups is 1. The highest BCUT2D eigenvalue weighted by molar-refractivity contribution is 5.91. The van der Waals surface area contributed by atoms with Crippen molar-refractivity contribution in [2.24, 2.45) is 0 Å². The SMILES string of the molecule is CCCCCCc1ccc(C(=O)Oc2ccc(CC)cc2)cc1. The molecule has 2 heteroatoms. The van der Waals surface area contributed by atoms with Crippen molar-refractivity contribution in [1.29, 1.82) is 0 Å². The Morgan fingerprint density at radius 1 is 0.826 bits per heavy atom. The Morgan fingerprint density at radius 3 is 2.09 bits per heavy atom. The molecule has 2 aromatic carbocycles. The molecule has 2 aromatic rings. The van der Waals surface area contributed by atoms with E-state index in [1.54, 1.807) is 0 Å². The largest absolute Gasteiger partial charge is 0.423 e. The summed E-state index contributed by atoms with van der Waals surface area (Å²) in [6, 6.07) is 15.4. The Hall–Kier alpha value is -2.09. The standard InChI is InChI=1S/C21H26O2/c1-3-5-6-7-8-18-9-13-19(14-10-18)21(22)23-20-15-11-17(4-2)12-16-20/h9-16H,3-8H2,1-2H3. The van der Waals surface area contributed by atoms with Gasteiger partial charge in [0.1, 0.15) is 5.75 Å². The Balaban J connectivity index is 1.88. The molecule has 0 aromatic heterocycles. The van der Waals surface area contributed by atoms with Crippen LogP contribution in [-0.2, 0) is 12.8 Å². The molecular formula is C21H26O2. The summed E-state index contributed by atoms with van der Waals surface area (Å²) < 4.78 is 5.41. The molecule has 122 valence electrons. The number of ether oxygens (including phenoxy) is 1. The normalized spacial score (nSPS) is 10.5. The molecule has 0 saturated heterocycles. The lowest BCUT2D eigenvalue weighted by molar-refractivity contribution is 0.0734. The van der Waals surface area contributed by atoms with Crippen molar-refractivity contribution in [3.63, 3.8) is 0 Å². The Kier molecular flexibility index (Phi) is 6.86. The predicted octanol–water partition coefficient (Wildman–Crippen LogP) is 5.59. The van der Waals surface area contributed by atoms with Gasteiger partial charge in [0.05, 0.1) is 5.56 Å². The molecular weight excluding hydrogens is 284 g/mol. The third-order valence-corrected chi connectivity index (χ3v) is 4.05. The molecule has 0 unspecified atom stereocenters. The summed E-state index contributed by atoms with van der Waals surface area (Å²) in [6.07, 6.45) is 7.09. The molecule has 2 rings (SSSR count). The van der Waals surface area contributed by atoms with Crippen molar-refractivity contribution < 1.29 is 9.53 Å². The number of benzene rings is 2. The summed E-state index contributed by atoms with van der Waals surface area (Å²) in [4.78, 5) is 12.2. The number of esters is 1. The number of unbranched alkanes of at least 4 members (excludes halogenated alkanes) is 3. The summed E-state index contributed by atoms with van der Waals surface area (Å²) >= 11 is 0. The third kappa shape index (κ3) is 5.55. The van der Waals surface area contributed by atoms with Gasteiger partial charge < -0.3 is 4.74 Å². The van der Waals surface area contributed by atoms with Crippen molar-refractivity contribution in [1.82, 2.24) is 0 Å². The zero-order chi connectivity index (χ0) is 16.5. The lowest BCUT2D eigenvalue weighted by Crippen LogP contribution is -2.08. The first-order valence-corrected chi connectivity index (χ1v) is 8.63. The van der Waals surface area contributed by atoms with Crippen LogP contribution in [0.4, 0.5) is 0 Å². The summed E-state index contributed by atoms with van der Waals surface area (Å²) in [5, 5.41) is 0.